The highest BCUT2D eigenvalue weighted by Gasteiger charge is 2.61. The monoisotopic (exact) mass is 958 g/mol. The molecule has 6 fully saturated rings. The Morgan fingerprint density at radius 3 is 2.07 bits per heavy atom. The minimum absolute atomic E-state index is 0.00719. The number of alkyl carbamates (subject to hydrolysis) is 2. The number of carbonyl (C=O) groups excluding carboxylic acids is 5. The number of aliphatic hydroxyl groups is 1. The normalized spacial score (nSPS) is 35.1. The lowest BCUT2D eigenvalue weighted by atomic mass is 9.78. The molecule has 1 spiro atoms. The van der Waals surface area contributed by atoms with E-state index in [0.29, 0.717) is 12.0 Å². The summed E-state index contributed by atoms with van der Waals surface area (Å²) in [5, 5.41) is 20.6. The zero-order chi connectivity index (χ0) is 48.2. The first kappa shape index (κ1) is 48.2. The molecule has 5 heterocycles. The van der Waals surface area contributed by atoms with Crippen LogP contribution >= 0.6 is 0 Å². The number of benzene rings is 3. The number of hydrogen-bond donors (Lipinski definition) is 4. The molecule has 0 bridgehead atoms. The second-order valence-corrected chi connectivity index (χ2v) is 18.6. The Kier molecular flexibility index (Phi) is 14.7. The van der Waals surface area contributed by atoms with Crippen LogP contribution in [0.3, 0.4) is 0 Å². The summed E-state index contributed by atoms with van der Waals surface area (Å²) in [5.74, 6) is -1.94. The number of nitrogens with one attached hydrogen (secondary N) is 3. The second kappa shape index (κ2) is 21.0. The molecule has 15 atom stereocenters. The summed E-state index contributed by atoms with van der Waals surface area (Å²) in [5.41, 5.74) is 0.710. The minimum Gasteiger partial charge on any atom is -0.456 e. The van der Waals surface area contributed by atoms with Crippen molar-refractivity contribution in [3.8, 4) is 0 Å². The SMILES string of the molecule is CC1C[C@@H]2OC(O[C@@H]3C[C@@H](OC(=O)c4ccccc4)[C@]4(COCC(=O)N4)CO3)C3C(OC(=O)N3C)C2O[C@@H]1O[C@@H]1C(NC(=O)OCc2ccccc2)C[C@@H](NC(=O)OCc2ccccc2)C(C)[C@H]1O. The Balaban J connectivity index is 0.884. The summed E-state index contributed by atoms with van der Waals surface area (Å²) >= 11 is 0. The molecule has 1 aliphatic carbocycles. The molecular formula is C49H58N4O16. The second-order valence-electron chi connectivity index (χ2n) is 18.6. The summed E-state index contributed by atoms with van der Waals surface area (Å²) in [4.78, 5) is 67.0. The minimum atomic E-state index is -1.23. The molecule has 370 valence electrons. The number of hydrogen-bond acceptors (Lipinski definition) is 16. The zero-order valence-electron chi connectivity index (χ0n) is 38.4. The third-order valence-electron chi connectivity index (χ3n) is 13.8. The lowest BCUT2D eigenvalue weighted by Crippen LogP contribution is -2.70. The molecule has 6 aliphatic rings. The van der Waals surface area contributed by atoms with E-state index in [4.69, 9.17) is 47.4 Å². The molecule has 3 aromatic rings. The van der Waals surface area contributed by atoms with Crippen LogP contribution in [0.1, 0.15) is 54.6 Å². The molecule has 3 aromatic carbocycles. The van der Waals surface area contributed by atoms with Gasteiger partial charge in [-0.2, -0.15) is 0 Å². The third kappa shape index (κ3) is 10.8. The van der Waals surface area contributed by atoms with Crippen molar-refractivity contribution < 1.29 is 76.4 Å². The highest BCUT2D eigenvalue weighted by molar-refractivity contribution is 5.89. The fraction of sp³-hybridized carbons (Fsp3) is 0.531. The van der Waals surface area contributed by atoms with Gasteiger partial charge in [-0.3, -0.25) is 9.69 Å². The molecule has 69 heavy (non-hydrogen) atoms. The van der Waals surface area contributed by atoms with Gasteiger partial charge in [0, 0.05) is 31.3 Å². The molecule has 20 heteroatoms. The van der Waals surface area contributed by atoms with Crippen molar-refractivity contribution in [2.45, 2.75) is 125 Å². The van der Waals surface area contributed by atoms with Gasteiger partial charge in [0.1, 0.15) is 49.7 Å². The first-order valence-electron chi connectivity index (χ1n) is 23.3. The molecule has 5 aliphatic heterocycles. The smallest absolute Gasteiger partial charge is 0.410 e. The number of fused-ring (bicyclic) bond motifs is 3. The Morgan fingerprint density at radius 2 is 1.42 bits per heavy atom. The van der Waals surface area contributed by atoms with Gasteiger partial charge in [0.25, 0.3) is 0 Å². The number of nitrogens with zero attached hydrogens (tertiary/aromatic N) is 1. The number of carbonyl (C=O) groups is 5. The summed E-state index contributed by atoms with van der Waals surface area (Å²) in [6.45, 7) is 3.45. The van der Waals surface area contributed by atoms with Gasteiger partial charge in [-0.1, -0.05) is 92.7 Å². The number of morpholine rings is 1. The Bertz CT molecular complexity index is 2280. The van der Waals surface area contributed by atoms with E-state index in [2.05, 4.69) is 16.0 Å². The Labute approximate surface area is 398 Å². The van der Waals surface area contributed by atoms with Crippen molar-refractivity contribution in [2.75, 3.05) is 26.9 Å². The van der Waals surface area contributed by atoms with Crippen LogP contribution in [-0.4, -0.2) is 146 Å². The van der Waals surface area contributed by atoms with Crippen LogP contribution in [0.2, 0.25) is 0 Å². The molecule has 0 aromatic heterocycles. The summed E-state index contributed by atoms with van der Waals surface area (Å²) in [7, 11) is 1.55. The maximum atomic E-state index is 13.4. The molecular weight excluding hydrogens is 901 g/mol. The number of likely N-dealkylation sites (N-methyl/N-ethyl adjacent to an activating group) is 1. The standard InChI is InChI=1S/C49H58N4O16/c1-27-19-34-41(42-38(53(3)48(59)69-42)45(64-34)66-37-21-35(65-43(56)31-17-11-6-12-18-31)49(26-63-37)25-60-24-36(54)52-49)68-44(27)67-40-33(51-47(58)62-23-30-15-9-5-10-16-30)20-32(28(2)39(40)55)50-46(57)61-22-29-13-7-4-8-14-29/h4-18,27-28,32-35,37-42,44-45,55H,19-26H2,1-3H3,(H,50,57)(H,51,58)(H,52,54)/t27?,28?,32-,33?,34+,35-,37-,38?,39-,40-,41?,42?,44+,45?,49+/m1/s1. The predicted molar refractivity (Wildman–Crippen MR) is 237 cm³/mol. The maximum Gasteiger partial charge on any atom is 0.410 e. The van der Waals surface area contributed by atoms with Crippen LogP contribution in [0.4, 0.5) is 14.4 Å². The summed E-state index contributed by atoms with van der Waals surface area (Å²) in [6, 6.07) is 24.5. The maximum absolute atomic E-state index is 13.4. The Morgan fingerprint density at radius 1 is 0.783 bits per heavy atom. The average Bonchev–Trinajstić information content (AvgIpc) is 3.66. The van der Waals surface area contributed by atoms with Crippen LogP contribution < -0.4 is 16.0 Å². The van der Waals surface area contributed by atoms with E-state index >= 15 is 0 Å². The van der Waals surface area contributed by atoms with Gasteiger partial charge in [0.2, 0.25) is 5.91 Å². The van der Waals surface area contributed by atoms with Crippen LogP contribution in [0.5, 0.6) is 0 Å². The van der Waals surface area contributed by atoms with E-state index in [1.165, 1.54) is 4.90 Å². The van der Waals surface area contributed by atoms with Gasteiger partial charge in [-0.15, -0.1) is 0 Å². The van der Waals surface area contributed by atoms with E-state index in [0.717, 1.165) is 11.1 Å². The Hall–Kier alpha value is -5.87. The first-order chi connectivity index (χ1) is 33.3. The lowest BCUT2D eigenvalue weighted by Gasteiger charge is -2.51. The van der Waals surface area contributed by atoms with Gasteiger partial charge in [0.15, 0.2) is 25.0 Å². The average molecular weight is 959 g/mol. The number of amides is 4. The van der Waals surface area contributed by atoms with Gasteiger partial charge in [-0.05, 0) is 36.1 Å². The molecule has 9 rings (SSSR count). The number of esters is 1. The highest BCUT2D eigenvalue weighted by atomic mass is 16.8. The zero-order valence-corrected chi connectivity index (χ0v) is 38.4. The molecule has 0 radical (unpaired) electrons. The fourth-order valence-corrected chi connectivity index (χ4v) is 9.95. The quantitative estimate of drug-likeness (QED) is 0.150. The van der Waals surface area contributed by atoms with Crippen LogP contribution in [-0.2, 0) is 65.4 Å². The first-order valence-corrected chi connectivity index (χ1v) is 23.3. The number of ether oxygens (including phenoxy) is 10. The van der Waals surface area contributed by atoms with E-state index in [-0.39, 0.29) is 57.7 Å². The third-order valence-corrected chi connectivity index (χ3v) is 13.8. The summed E-state index contributed by atoms with van der Waals surface area (Å²) in [6.07, 6.45) is -10.4. The molecule has 4 amide bonds. The van der Waals surface area contributed by atoms with Crippen molar-refractivity contribution in [3.63, 3.8) is 0 Å². The lowest BCUT2D eigenvalue weighted by molar-refractivity contribution is -0.362. The van der Waals surface area contributed by atoms with Crippen molar-refractivity contribution in [1.29, 1.82) is 0 Å². The van der Waals surface area contributed by atoms with Crippen LogP contribution in [0, 0.1) is 11.8 Å². The van der Waals surface area contributed by atoms with Crippen molar-refractivity contribution in [1.82, 2.24) is 20.9 Å². The largest absolute Gasteiger partial charge is 0.456 e. The van der Waals surface area contributed by atoms with E-state index in [1.54, 1.807) is 44.3 Å². The van der Waals surface area contributed by atoms with Gasteiger partial charge >= 0.3 is 24.2 Å². The van der Waals surface area contributed by atoms with E-state index in [1.807, 2.05) is 67.6 Å². The van der Waals surface area contributed by atoms with Gasteiger partial charge in [-0.25, -0.2) is 19.2 Å². The molecule has 4 N–H and O–H groups in total. The highest BCUT2D eigenvalue weighted by Crippen LogP contribution is 2.43. The molecule has 20 nitrogen and oxygen atoms in total. The van der Waals surface area contributed by atoms with E-state index < -0.39 is 109 Å². The topological polar surface area (TPSA) is 237 Å². The predicted octanol–water partition coefficient (Wildman–Crippen LogP) is 3.53. The van der Waals surface area contributed by atoms with Crippen LogP contribution in [0.25, 0.3) is 0 Å². The van der Waals surface area contributed by atoms with Crippen LogP contribution in [0.15, 0.2) is 91.0 Å². The molecule has 7 unspecified atom stereocenters. The van der Waals surface area contributed by atoms with Gasteiger partial charge < -0.3 is 68.4 Å². The molecule has 1 saturated carbocycles. The molecule has 5 saturated heterocycles. The fourth-order valence-electron chi connectivity index (χ4n) is 9.95. The van der Waals surface area contributed by atoms with Crippen molar-refractivity contribution >= 4 is 30.2 Å². The van der Waals surface area contributed by atoms with Crippen molar-refractivity contribution in [3.05, 3.63) is 108 Å². The summed E-state index contributed by atoms with van der Waals surface area (Å²) < 4.78 is 61.2. The number of rotatable bonds is 12. The van der Waals surface area contributed by atoms with E-state index in [9.17, 15) is 29.1 Å². The van der Waals surface area contributed by atoms with Gasteiger partial charge in [0.05, 0.1) is 37.0 Å². The van der Waals surface area contributed by atoms with Crippen molar-refractivity contribution in [2.24, 2.45) is 11.8 Å². The number of aliphatic hydroxyl groups excluding tert-OH is 1.